The van der Waals surface area contributed by atoms with E-state index in [1.165, 1.54) is 6.42 Å². The highest BCUT2D eigenvalue weighted by atomic mass is 16.5. The molecule has 1 fully saturated rings. The SMILES string of the molecule is CCCNCC1COCCN1CCCOc1ccccc1. The fraction of sp³-hybridized carbons (Fsp3) is 0.647. The second-order valence-electron chi connectivity index (χ2n) is 5.48. The summed E-state index contributed by atoms with van der Waals surface area (Å²) in [5.74, 6) is 0.959. The van der Waals surface area contributed by atoms with Crippen LogP contribution in [0, 0.1) is 0 Å². The molecule has 1 aliphatic rings. The molecule has 1 unspecified atom stereocenters. The molecule has 0 bridgehead atoms. The summed E-state index contributed by atoms with van der Waals surface area (Å²) in [6.45, 7) is 8.88. The summed E-state index contributed by atoms with van der Waals surface area (Å²) in [6.07, 6.45) is 2.23. The number of hydrogen-bond acceptors (Lipinski definition) is 4. The van der Waals surface area contributed by atoms with Gasteiger partial charge in [0, 0.05) is 25.7 Å². The van der Waals surface area contributed by atoms with Gasteiger partial charge in [-0.3, -0.25) is 4.90 Å². The van der Waals surface area contributed by atoms with Crippen LogP contribution in [-0.4, -0.2) is 56.9 Å². The van der Waals surface area contributed by atoms with Gasteiger partial charge in [-0.2, -0.15) is 0 Å². The Morgan fingerprint density at radius 2 is 2.19 bits per heavy atom. The van der Waals surface area contributed by atoms with E-state index in [2.05, 4.69) is 17.1 Å². The fourth-order valence-corrected chi connectivity index (χ4v) is 2.59. The van der Waals surface area contributed by atoms with Crippen LogP contribution in [0.5, 0.6) is 5.75 Å². The molecule has 118 valence electrons. The predicted octanol–water partition coefficient (Wildman–Crippen LogP) is 2.16. The van der Waals surface area contributed by atoms with Crippen LogP contribution in [0.15, 0.2) is 30.3 Å². The minimum absolute atomic E-state index is 0.502. The van der Waals surface area contributed by atoms with E-state index in [4.69, 9.17) is 9.47 Å². The van der Waals surface area contributed by atoms with E-state index in [-0.39, 0.29) is 0 Å². The molecule has 1 aliphatic heterocycles. The van der Waals surface area contributed by atoms with Gasteiger partial charge in [-0.15, -0.1) is 0 Å². The molecule has 1 saturated heterocycles. The van der Waals surface area contributed by atoms with E-state index in [0.717, 1.165) is 58.2 Å². The maximum atomic E-state index is 5.76. The van der Waals surface area contributed by atoms with Crippen molar-refractivity contribution in [3.05, 3.63) is 30.3 Å². The van der Waals surface area contributed by atoms with Crippen molar-refractivity contribution >= 4 is 0 Å². The zero-order chi connectivity index (χ0) is 14.8. The number of para-hydroxylation sites is 1. The summed E-state index contributed by atoms with van der Waals surface area (Å²) < 4.78 is 11.4. The number of hydrogen-bond donors (Lipinski definition) is 1. The predicted molar refractivity (Wildman–Crippen MR) is 85.9 cm³/mol. The first-order chi connectivity index (χ1) is 10.4. The molecule has 0 spiro atoms. The number of morpholine rings is 1. The number of rotatable bonds is 9. The van der Waals surface area contributed by atoms with Crippen molar-refractivity contribution in [1.82, 2.24) is 10.2 Å². The van der Waals surface area contributed by atoms with Crippen LogP contribution in [0.4, 0.5) is 0 Å². The van der Waals surface area contributed by atoms with Gasteiger partial charge in [-0.25, -0.2) is 0 Å². The normalized spacial score (nSPS) is 19.6. The monoisotopic (exact) mass is 292 g/mol. The highest BCUT2D eigenvalue weighted by Gasteiger charge is 2.21. The van der Waals surface area contributed by atoms with Crippen molar-refractivity contribution in [3.63, 3.8) is 0 Å². The Labute approximate surface area is 128 Å². The van der Waals surface area contributed by atoms with E-state index in [1.807, 2.05) is 30.3 Å². The van der Waals surface area contributed by atoms with Gasteiger partial charge in [0.05, 0.1) is 19.8 Å². The van der Waals surface area contributed by atoms with E-state index in [0.29, 0.717) is 6.04 Å². The van der Waals surface area contributed by atoms with Crippen LogP contribution in [0.1, 0.15) is 19.8 Å². The average molecular weight is 292 g/mol. The van der Waals surface area contributed by atoms with Crippen LogP contribution in [0.25, 0.3) is 0 Å². The molecule has 1 heterocycles. The maximum Gasteiger partial charge on any atom is 0.119 e. The zero-order valence-electron chi connectivity index (χ0n) is 13.1. The standard InChI is InChI=1S/C17H28N2O2/c1-2-9-18-14-16-15-20-13-11-19(16)10-6-12-21-17-7-4-3-5-8-17/h3-5,7-8,16,18H,2,6,9-15H2,1H3. The number of benzene rings is 1. The second-order valence-corrected chi connectivity index (χ2v) is 5.48. The van der Waals surface area contributed by atoms with Gasteiger partial charge in [-0.05, 0) is 31.5 Å². The summed E-state index contributed by atoms with van der Waals surface area (Å²) in [6, 6.07) is 10.5. The quantitative estimate of drug-likeness (QED) is 0.707. The Hall–Kier alpha value is -1.10. The third kappa shape index (κ3) is 6.04. The molecule has 21 heavy (non-hydrogen) atoms. The summed E-state index contributed by atoms with van der Waals surface area (Å²) in [7, 11) is 0. The molecular formula is C17H28N2O2. The molecule has 0 aromatic heterocycles. The highest BCUT2D eigenvalue weighted by molar-refractivity contribution is 5.20. The Morgan fingerprint density at radius 1 is 1.33 bits per heavy atom. The summed E-state index contributed by atoms with van der Waals surface area (Å²) >= 11 is 0. The lowest BCUT2D eigenvalue weighted by atomic mass is 10.2. The van der Waals surface area contributed by atoms with Crippen LogP contribution < -0.4 is 10.1 Å². The minimum atomic E-state index is 0.502. The molecular weight excluding hydrogens is 264 g/mol. The van der Waals surface area contributed by atoms with Crippen LogP contribution in [-0.2, 0) is 4.74 Å². The van der Waals surface area contributed by atoms with Crippen LogP contribution in [0.2, 0.25) is 0 Å². The lowest BCUT2D eigenvalue weighted by molar-refractivity contribution is -0.00839. The van der Waals surface area contributed by atoms with Crippen LogP contribution in [0.3, 0.4) is 0 Å². The molecule has 0 amide bonds. The highest BCUT2D eigenvalue weighted by Crippen LogP contribution is 2.10. The zero-order valence-corrected chi connectivity index (χ0v) is 13.1. The average Bonchev–Trinajstić information content (AvgIpc) is 2.54. The Kier molecular flexibility index (Phi) is 7.57. The summed E-state index contributed by atoms with van der Waals surface area (Å²) in [5, 5.41) is 3.50. The van der Waals surface area contributed by atoms with Crippen molar-refractivity contribution in [2.45, 2.75) is 25.8 Å². The van der Waals surface area contributed by atoms with Gasteiger partial charge in [-0.1, -0.05) is 25.1 Å². The van der Waals surface area contributed by atoms with Gasteiger partial charge in [0.2, 0.25) is 0 Å². The molecule has 0 aliphatic carbocycles. The minimum Gasteiger partial charge on any atom is -0.494 e. The van der Waals surface area contributed by atoms with Crippen molar-refractivity contribution in [1.29, 1.82) is 0 Å². The Bertz CT molecular complexity index is 372. The van der Waals surface area contributed by atoms with Crippen molar-refractivity contribution < 1.29 is 9.47 Å². The molecule has 0 radical (unpaired) electrons. The number of nitrogens with zero attached hydrogens (tertiary/aromatic N) is 1. The topological polar surface area (TPSA) is 33.7 Å². The van der Waals surface area contributed by atoms with Crippen LogP contribution >= 0.6 is 0 Å². The van der Waals surface area contributed by atoms with Gasteiger partial charge < -0.3 is 14.8 Å². The summed E-state index contributed by atoms with van der Waals surface area (Å²) in [5.41, 5.74) is 0. The molecule has 1 atom stereocenters. The van der Waals surface area contributed by atoms with Gasteiger partial charge >= 0.3 is 0 Å². The van der Waals surface area contributed by atoms with E-state index >= 15 is 0 Å². The molecule has 2 rings (SSSR count). The molecule has 4 nitrogen and oxygen atoms in total. The lowest BCUT2D eigenvalue weighted by Gasteiger charge is -2.35. The number of nitrogens with one attached hydrogen (secondary N) is 1. The summed E-state index contributed by atoms with van der Waals surface area (Å²) in [4.78, 5) is 2.53. The van der Waals surface area contributed by atoms with Gasteiger partial charge in [0.15, 0.2) is 0 Å². The molecule has 4 heteroatoms. The second kappa shape index (κ2) is 9.77. The van der Waals surface area contributed by atoms with Crippen molar-refractivity contribution in [3.8, 4) is 5.75 Å². The first-order valence-corrected chi connectivity index (χ1v) is 8.10. The Balaban J connectivity index is 1.65. The maximum absolute atomic E-state index is 5.76. The van der Waals surface area contributed by atoms with E-state index in [9.17, 15) is 0 Å². The van der Waals surface area contributed by atoms with Gasteiger partial charge in [0.1, 0.15) is 5.75 Å². The van der Waals surface area contributed by atoms with E-state index in [1.54, 1.807) is 0 Å². The first kappa shape index (κ1) is 16.3. The van der Waals surface area contributed by atoms with E-state index < -0.39 is 0 Å². The fourth-order valence-electron chi connectivity index (χ4n) is 2.59. The third-order valence-electron chi connectivity index (χ3n) is 3.76. The van der Waals surface area contributed by atoms with Crippen molar-refractivity contribution in [2.24, 2.45) is 0 Å². The van der Waals surface area contributed by atoms with Crippen molar-refractivity contribution in [2.75, 3.05) is 46.0 Å². The smallest absolute Gasteiger partial charge is 0.119 e. The molecule has 1 aromatic carbocycles. The Morgan fingerprint density at radius 3 is 3.00 bits per heavy atom. The molecule has 1 aromatic rings. The lowest BCUT2D eigenvalue weighted by Crippen LogP contribution is -2.50. The number of ether oxygens (including phenoxy) is 2. The molecule has 1 N–H and O–H groups in total. The van der Waals surface area contributed by atoms with Gasteiger partial charge in [0.25, 0.3) is 0 Å². The molecule has 0 saturated carbocycles. The largest absolute Gasteiger partial charge is 0.494 e. The first-order valence-electron chi connectivity index (χ1n) is 8.10. The third-order valence-corrected chi connectivity index (χ3v) is 3.76.